The number of hydrogen-bond acceptors (Lipinski definition) is 5. The second kappa shape index (κ2) is 6.13. The van der Waals surface area contributed by atoms with Gasteiger partial charge in [-0.2, -0.15) is 0 Å². The number of nitrogens with zero attached hydrogens (tertiary/aromatic N) is 2. The molecule has 10 heteroatoms. The third kappa shape index (κ3) is 2.81. The Morgan fingerprint density at radius 2 is 2.19 bits per heavy atom. The summed E-state index contributed by atoms with van der Waals surface area (Å²) >= 11 is 5.94. The van der Waals surface area contributed by atoms with Crippen molar-refractivity contribution in [3.05, 3.63) is 53.3 Å². The minimum absolute atomic E-state index is 0.0620. The predicted octanol–water partition coefficient (Wildman–Crippen LogP) is 1.28. The van der Waals surface area contributed by atoms with Crippen molar-refractivity contribution < 1.29 is 18.8 Å². The average Bonchev–Trinajstić information content (AvgIpc) is 3.30. The number of urea groups is 1. The Labute approximate surface area is 157 Å². The first kappa shape index (κ1) is 17.1. The Bertz CT molecular complexity index is 1090. The average molecular weight is 388 g/mol. The molecule has 138 valence electrons. The normalized spacial score (nSPS) is 19.2. The monoisotopic (exact) mass is 387 g/mol. The van der Waals surface area contributed by atoms with Crippen LogP contribution in [0.5, 0.6) is 0 Å². The summed E-state index contributed by atoms with van der Waals surface area (Å²) in [5.41, 5.74) is -1.00. The molecule has 0 saturated carbocycles. The summed E-state index contributed by atoms with van der Waals surface area (Å²) < 4.78 is 7.11. The number of carbonyl (C=O) groups excluding carboxylic acids is 3. The Balaban J connectivity index is 1.61. The van der Waals surface area contributed by atoms with Gasteiger partial charge < -0.3 is 19.6 Å². The maximum Gasteiger partial charge on any atom is 0.322 e. The van der Waals surface area contributed by atoms with Gasteiger partial charge in [0.05, 0.1) is 6.54 Å². The lowest BCUT2D eigenvalue weighted by atomic mass is 9.98. The molecule has 27 heavy (non-hydrogen) atoms. The Kier molecular flexibility index (Phi) is 3.88. The second-order valence-corrected chi connectivity index (χ2v) is 6.59. The first-order chi connectivity index (χ1) is 12.9. The van der Waals surface area contributed by atoms with Crippen molar-refractivity contribution >= 4 is 40.4 Å². The van der Waals surface area contributed by atoms with Crippen LogP contribution in [0.1, 0.15) is 16.4 Å². The molecule has 1 saturated heterocycles. The lowest BCUT2D eigenvalue weighted by Gasteiger charge is -2.25. The number of rotatable bonds is 4. The van der Waals surface area contributed by atoms with Gasteiger partial charge in [-0.3, -0.25) is 14.9 Å². The summed E-state index contributed by atoms with van der Waals surface area (Å²) in [6, 6.07) is 5.89. The summed E-state index contributed by atoms with van der Waals surface area (Å²) in [5, 5.41) is 8.57. The fourth-order valence-electron chi connectivity index (χ4n) is 3.06. The highest BCUT2D eigenvalue weighted by Crippen LogP contribution is 2.25. The van der Waals surface area contributed by atoms with Crippen LogP contribution in [0.4, 0.5) is 4.79 Å². The minimum Gasteiger partial charge on any atom is -0.451 e. The number of imide groups is 1. The molecule has 1 aromatic carbocycles. The van der Waals surface area contributed by atoms with E-state index in [1.165, 1.54) is 6.20 Å². The standard InChI is InChI=1S/C17H14ClN5O4/c1-23-5-4-19-14(23)17(15(25)21-16(26)22-17)8-20-13(24)12-7-9-6-10(18)2-3-11(9)27-12/h2-7H,8H2,1H3,(H,20,24)(H2,21,22,25,26)/t17-/m0/s1. The van der Waals surface area contributed by atoms with Crippen molar-refractivity contribution in [2.75, 3.05) is 6.54 Å². The van der Waals surface area contributed by atoms with Gasteiger partial charge >= 0.3 is 6.03 Å². The number of nitrogens with one attached hydrogen (secondary N) is 3. The van der Waals surface area contributed by atoms with Crippen molar-refractivity contribution in [2.45, 2.75) is 5.54 Å². The number of benzene rings is 1. The molecule has 1 atom stereocenters. The first-order valence-electron chi connectivity index (χ1n) is 7.98. The predicted molar refractivity (Wildman–Crippen MR) is 95.1 cm³/mol. The van der Waals surface area contributed by atoms with Crippen molar-refractivity contribution in [3.63, 3.8) is 0 Å². The highest BCUT2D eigenvalue weighted by molar-refractivity contribution is 6.31. The number of halogens is 1. The largest absolute Gasteiger partial charge is 0.451 e. The quantitative estimate of drug-likeness (QED) is 0.583. The van der Waals surface area contributed by atoms with E-state index in [1.54, 1.807) is 42.1 Å². The zero-order valence-corrected chi connectivity index (χ0v) is 14.8. The van der Waals surface area contributed by atoms with E-state index in [0.29, 0.717) is 21.8 Å². The molecular formula is C17H14ClN5O4. The Hall–Kier alpha value is -3.33. The van der Waals surface area contributed by atoms with E-state index in [4.69, 9.17) is 16.0 Å². The number of imidazole rings is 1. The number of fused-ring (bicyclic) bond motifs is 1. The molecule has 4 amide bonds. The Morgan fingerprint density at radius 3 is 2.85 bits per heavy atom. The van der Waals surface area contributed by atoms with Crippen LogP contribution in [-0.4, -0.2) is 33.9 Å². The molecule has 1 aliphatic heterocycles. The van der Waals surface area contributed by atoms with E-state index in [1.807, 2.05) is 0 Å². The minimum atomic E-state index is -1.51. The molecule has 2 aromatic heterocycles. The van der Waals surface area contributed by atoms with Gasteiger partial charge in [0.1, 0.15) is 11.4 Å². The maximum atomic E-state index is 12.5. The molecule has 1 fully saturated rings. The van der Waals surface area contributed by atoms with Gasteiger partial charge in [0.25, 0.3) is 11.8 Å². The molecular weight excluding hydrogens is 374 g/mol. The molecule has 0 spiro atoms. The van der Waals surface area contributed by atoms with Gasteiger partial charge in [-0.05, 0) is 24.3 Å². The van der Waals surface area contributed by atoms with E-state index in [-0.39, 0.29) is 12.3 Å². The van der Waals surface area contributed by atoms with Gasteiger partial charge in [-0.1, -0.05) is 11.6 Å². The number of aryl methyl sites for hydroxylation is 1. The zero-order valence-electron chi connectivity index (χ0n) is 14.1. The van der Waals surface area contributed by atoms with E-state index >= 15 is 0 Å². The van der Waals surface area contributed by atoms with Gasteiger partial charge in [0, 0.05) is 29.9 Å². The number of amides is 4. The number of furan rings is 1. The third-order valence-electron chi connectivity index (χ3n) is 4.36. The lowest BCUT2D eigenvalue weighted by molar-refractivity contribution is -0.124. The fourth-order valence-corrected chi connectivity index (χ4v) is 3.24. The van der Waals surface area contributed by atoms with Crippen molar-refractivity contribution in [2.24, 2.45) is 7.05 Å². The summed E-state index contributed by atoms with van der Waals surface area (Å²) in [4.78, 5) is 40.8. The van der Waals surface area contributed by atoms with Crippen LogP contribution in [0.3, 0.4) is 0 Å². The molecule has 1 aliphatic rings. The van der Waals surface area contributed by atoms with Crippen LogP contribution >= 0.6 is 11.6 Å². The molecule has 0 unspecified atom stereocenters. The summed E-state index contributed by atoms with van der Waals surface area (Å²) in [6.07, 6.45) is 3.14. The topological polar surface area (TPSA) is 118 Å². The Morgan fingerprint density at radius 1 is 1.37 bits per heavy atom. The van der Waals surface area contributed by atoms with Crippen LogP contribution < -0.4 is 16.0 Å². The summed E-state index contributed by atoms with van der Waals surface area (Å²) in [5.74, 6) is -0.780. The van der Waals surface area contributed by atoms with Crippen LogP contribution in [0, 0.1) is 0 Å². The SMILES string of the molecule is Cn1ccnc1[C@]1(CNC(=O)c2cc3cc(Cl)ccc3o2)NC(=O)NC1=O. The van der Waals surface area contributed by atoms with E-state index in [9.17, 15) is 14.4 Å². The van der Waals surface area contributed by atoms with Gasteiger partial charge in [0.2, 0.25) is 0 Å². The molecule has 3 N–H and O–H groups in total. The zero-order chi connectivity index (χ0) is 19.2. The van der Waals surface area contributed by atoms with Crippen LogP contribution in [0.15, 0.2) is 41.1 Å². The van der Waals surface area contributed by atoms with Gasteiger partial charge in [-0.25, -0.2) is 9.78 Å². The molecule has 0 radical (unpaired) electrons. The van der Waals surface area contributed by atoms with E-state index in [2.05, 4.69) is 20.9 Å². The van der Waals surface area contributed by atoms with Crippen molar-refractivity contribution in [1.82, 2.24) is 25.5 Å². The molecule has 0 bridgehead atoms. The summed E-state index contributed by atoms with van der Waals surface area (Å²) in [6.45, 7) is -0.202. The maximum absolute atomic E-state index is 12.5. The molecule has 3 heterocycles. The molecule has 0 aliphatic carbocycles. The fraction of sp³-hybridized carbons (Fsp3) is 0.176. The molecule has 3 aromatic rings. The first-order valence-corrected chi connectivity index (χ1v) is 8.35. The number of aromatic nitrogens is 2. The highest BCUT2D eigenvalue weighted by Gasteiger charge is 2.50. The van der Waals surface area contributed by atoms with Crippen LogP contribution in [0.2, 0.25) is 5.02 Å². The second-order valence-electron chi connectivity index (χ2n) is 6.15. The van der Waals surface area contributed by atoms with E-state index in [0.717, 1.165) is 0 Å². The van der Waals surface area contributed by atoms with Crippen molar-refractivity contribution in [3.8, 4) is 0 Å². The van der Waals surface area contributed by atoms with Gasteiger partial charge in [-0.15, -0.1) is 0 Å². The molecule has 4 rings (SSSR count). The summed E-state index contributed by atoms with van der Waals surface area (Å²) in [7, 11) is 1.69. The van der Waals surface area contributed by atoms with E-state index < -0.39 is 23.4 Å². The third-order valence-corrected chi connectivity index (χ3v) is 4.60. The van der Waals surface area contributed by atoms with Gasteiger partial charge in [0.15, 0.2) is 11.3 Å². The molecule has 9 nitrogen and oxygen atoms in total. The highest BCUT2D eigenvalue weighted by atomic mass is 35.5. The number of hydrogen-bond donors (Lipinski definition) is 3. The number of carbonyl (C=O) groups is 3. The van der Waals surface area contributed by atoms with Crippen molar-refractivity contribution in [1.29, 1.82) is 0 Å². The van der Waals surface area contributed by atoms with Crippen LogP contribution in [-0.2, 0) is 17.4 Å². The smallest absolute Gasteiger partial charge is 0.322 e. The lowest BCUT2D eigenvalue weighted by Crippen LogP contribution is -2.54. The van der Waals surface area contributed by atoms with Crippen LogP contribution in [0.25, 0.3) is 11.0 Å².